The average Bonchev–Trinajstić information content (AvgIpc) is 2.97. The zero-order valence-electron chi connectivity index (χ0n) is 10.9. The molecule has 0 saturated carbocycles. The van der Waals surface area contributed by atoms with Crippen molar-refractivity contribution in [2.75, 3.05) is 7.11 Å². The number of benzene rings is 2. The fourth-order valence-electron chi connectivity index (χ4n) is 1.95. The van der Waals surface area contributed by atoms with Crippen LogP contribution in [0.25, 0.3) is 21.8 Å². The van der Waals surface area contributed by atoms with E-state index in [4.69, 9.17) is 4.74 Å². The second-order valence-electron chi connectivity index (χ2n) is 4.28. The zero-order chi connectivity index (χ0) is 13.9. The molecule has 0 aliphatic rings. The van der Waals surface area contributed by atoms with Gasteiger partial charge >= 0.3 is 0 Å². The Balaban J connectivity index is 1.95. The number of aromatic nitrogens is 1. The lowest BCUT2D eigenvalue weighted by Gasteiger charge is -2.01. The van der Waals surface area contributed by atoms with E-state index < -0.39 is 0 Å². The van der Waals surface area contributed by atoms with Crippen LogP contribution >= 0.6 is 11.3 Å². The van der Waals surface area contributed by atoms with Gasteiger partial charge in [0.25, 0.3) is 0 Å². The fraction of sp³-hybridized carbons (Fsp3) is 0.0625. The quantitative estimate of drug-likeness (QED) is 0.783. The molecule has 3 nitrogen and oxygen atoms in total. The van der Waals surface area contributed by atoms with Gasteiger partial charge in [0.2, 0.25) is 0 Å². The van der Waals surface area contributed by atoms with Crippen molar-refractivity contribution in [1.82, 2.24) is 4.98 Å². The first-order valence-electron chi connectivity index (χ1n) is 6.16. The number of ether oxygens (including phenoxy) is 1. The molecule has 100 valence electrons. The Kier molecular flexibility index (Phi) is 3.39. The number of para-hydroxylation sites is 1. The normalized spacial score (nSPS) is 10.4. The monoisotopic (exact) mass is 283 g/mol. The van der Waals surface area contributed by atoms with Gasteiger partial charge in [-0.3, -0.25) is 0 Å². The van der Waals surface area contributed by atoms with Crippen molar-refractivity contribution in [3.63, 3.8) is 0 Å². The lowest BCUT2D eigenvalue weighted by atomic mass is 10.1. The second-order valence-corrected chi connectivity index (χ2v) is 5.14. The third-order valence-corrected chi connectivity index (χ3v) is 3.91. The number of hydrogen-bond acceptors (Lipinski definition) is 4. The van der Waals surface area contributed by atoms with E-state index in [0.29, 0.717) is 0 Å². The molecule has 1 aromatic heterocycles. The lowest BCUT2D eigenvalue weighted by Crippen LogP contribution is -1.83. The second kappa shape index (κ2) is 5.35. The van der Waals surface area contributed by atoms with Crippen molar-refractivity contribution < 1.29 is 9.84 Å². The third kappa shape index (κ3) is 2.38. The van der Waals surface area contributed by atoms with Crippen LogP contribution in [-0.4, -0.2) is 17.2 Å². The summed E-state index contributed by atoms with van der Waals surface area (Å²) < 4.78 is 5.15. The fourth-order valence-corrected chi connectivity index (χ4v) is 2.78. The van der Waals surface area contributed by atoms with Crippen molar-refractivity contribution >= 4 is 11.3 Å². The number of thiazole rings is 1. The minimum atomic E-state index is 0.249. The maximum Gasteiger partial charge on any atom is 0.125 e. The highest BCUT2D eigenvalue weighted by Gasteiger charge is 2.09. The predicted octanol–water partition coefficient (Wildman–Crippen LogP) is 4.19. The summed E-state index contributed by atoms with van der Waals surface area (Å²) >= 11 is 1.56. The van der Waals surface area contributed by atoms with Crippen LogP contribution in [0.1, 0.15) is 0 Å². The first kappa shape index (κ1) is 12.7. The molecule has 4 heteroatoms. The summed E-state index contributed by atoms with van der Waals surface area (Å²) in [6, 6.07) is 15.0. The first-order valence-corrected chi connectivity index (χ1v) is 7.04. The average molecular weight is 283 g/mol. The Labute approximate surface area is 121 Å². The van der Waals surface area contributed by atoms with Crippen LogP contribution in [0, 0.1) is 0 Å². The summed E-state index contributed by atoms with van der Waals surface area (Å²) in [7, 11) is 1.65. The number of methoxy groups -OCH3 is 1. The van der Waals surface area contributed by atoms with Gasteiger partial charge in [-0.15, -0.1) is 11.3 Å². The Morgan fingerprint density at radius 3 is 2.50 bits per heavy atom. The molecular formula is C16H13NO2S. The minimum Gasteiger partial charge on any atom is -0.507 e. The van der Waals surface area contributed by atoms with Gasteiger partial charge in [0, 0.05) is 16.5 Å². The molecule has 0 aliphatic carbocycles. The van der Waals surface area contributed by atoms with Gasteiger partial charge in [-0.25, -0.2) is 4.98 Å². The summed E-state index contributed by atoms with van der Waals surface area (Å²) in [5.41, 5.74) is 2.58. The van der Waals surface area contributed by atoms with E-state index in [2.05, 4.69) is 4.98 Å². The van der Waals surface area contributed by atoms with Gasteiger partial charge in [-0.05, 0) is 36.4 Å². The summed E-state index contributed by atoms with van der Waals surface area (Å²) in [5, 5.41) is 12.7. The van der Waals surface area contributed by atoms with E-state index in [1.165, 1.54) is 0 Å². The van der Waals surface area contributed by atoms with Gasteiger partial charge in [-0.2, -0.15) is 0 Å². The minimum absolute atomic E-state index is 0.249. The molecule has 0 amide bonds. The molecule has 1 N–H and O–H groups in total. The summed E-state index contributed by atoms with van der Waals surface area (Å²) in [4.78, 5) is 4.58. The topological polar surface area (TPSA) is 42.4 Å². The van der Waals surface area contributed by atoms with Crippen LogP contribution in [0.3, 0.4) is 0 Å². The molecular weight excluding hydrogens is 270 g/mol. The van der Waals surface area contributed by atoms with E-state index in [-0.39, 0.29) is 5.75 Å². The summed E-state index contributed by atoms with van der Waals surface area (Å²) in [6.07, 6.45) is 0. The molecule has 0 aliphatic heterocycles. The van der Waals surface area contributed by atoms with E-state index in [0.717, 1.165) is 27.6 Å². The van der Waals surface area contributed by atoms with Crippen LogP contribution in [0.4, 0.5) is 0 Å². The van der Waals surface area contributed by atoms with Crippen LogP contribution < -0.4 is 4.74 Å². The van der Waals surface area contributed by atoms with Gasteiger partial charge in [0.1, 0.15) is 16.5 Å². The van der Waals surface area contributed by atoms with Gasteiger partial charge in [0.15, 0.2) is 0 Å². The van der Waals surface area contributed by atoms with E-state index in [1.54, 1.807) is 30.6 Å². The number of rotatable bonds is 3. The molecule has 3 rings (SSSR count). The smallest absolute Gasteiger partial charge is 0.125 e. The van der Waals surface area contributed by atoms with E-state index in [1.807, 2.05) is 41.8 Å². The van der Waals surface area contributed by atoms with Gasteiger partial charge in [-0.1, -0.05) is 12.1 Å². The van der Waals surface area contributed by atoms with Crippen LogP contribution in [0.5, 0.6) is 11.5 Å². The molecule has 0 atom stereocenters. The largest absolute Gasteiger partial charge is 0.507 e. The molecule has 0 unspecified atom stereocenters. The Bertz CT molecular complexity index is 719. The first-order chi connectivity index (χ1) is 9.78. The van der Waals surface area contributed by atoms with Crippen molar-refractivity contribution in [1.29, 1.82) is 0 Å². The standard InChI is InChI=1S/C16H13NO2S/c1-19-12-8-6-11(7-9-12)16-17-14(10-20-16)13-4-2-3-5-15(13)18/h2-10,18H,1H3. The summed E-state index contributed by atoms with van der Waals surface area (Å²) in [5.74, 6) is 1.07. The maximum atomic E-state index is 9.86. The SMILES string of the molecule is COc1ccc(-c2nc(-c3ccccc3O)cs2)cc1. The van der Waals surface area contributed by atoms with Gasteiger partial charge in [0.05, 0.1) is 12.8 Å². The molecule has 20 heavy (non-hydrogen) atoms. The Hall–Kier alpha value is -2.33. The number of phenols is 1. The third-order valence-electron chi connectivity index (χ3n) is 3.02. The molecule has 0 spiro atoms. The molecule has 1 heterocycles. The number of hydrogen-bond donors (Lipinski definition) is 1. The number of nitrogens with zero attached hydrogens (tertiary/aromatic N) is 1. The van der Waals surface area contributed by atoms with Gasteiger partial charge < -0.3 is 9.84 Å². The molecule has 3 aromatic rings. The number of aromatic hydroxyl groups is 1. The molecule has 2 aromatic carbocycles. The molecule has 0 radical (unpaired) electrons. The van der Waals surface area contributed by atoms with Crippen molar-refractivity contribution in [2.45, 2.75) is 0 Å². The Morgan fingerprint density at radius 1 is 1.05 bits per heavy atom. The summed E-state index contributed by atoms with van der Waals surface area (Å²) in [6.45, 7) is 0. The predicted molar refractivity (Wildman–Crippen MR) is 81.2 cm³/mol. The zero-order valence-corrected chi connectivity index (χ0v) is 11.7. The van der Waals surface area contributed by atoms with Crippen molar-refractivity contribution in [3.05, 3.63) is 53.9 Å². The molecule has 0 bridgehead atoms. The van der Waals surface area contributed by atoms with Crippen LogP contribution in [-0.2, 0) is 0 Å². The lowest BCUT2D eigenvalue weighted by molar-refractivity contribution is 0.415. The van der Waals surface area contributed by atoms with Crippen molar-refractivity contribution in [3.8, 4) is 33.3 Å². The highest BCUT2D eigenvalue weighted by molar-refractivity contribution is 7.13. The molecule has 0 saturated heterocycles. The Morgan fingerprint density at radius 2 is 1.80 bits per heavy atom. The van der Waals surface area contributed by atoms with Crippen LogP contribution in [0.15, 0.2) is 53.9 Å². The van der Waals surface area contributed by atoms with E-state index in [9.17, 15) is 5.11 Å². The van der Waals surface area contributed by atoms with E-state index >= 15 is 0 Å². The maximum absolute atomic E-state index is 9.86. The highest BCUT2D eigenvalue weighted by Crippen LogP contribution is 2.33. The highest BCUT2D eigenvalue weighted by atomic mass is 32.1. The van der Waals surface area contributed by atoms with Crippen LogP contribution in [0.2, 0.25) is 0 Å². The molecule has 0 fully saturated rings. The number of phenolic OH excluding ortho intramolecular Hbond substituents is 1. The van der Waals surface area contributed by atoms with Crippen molar-refractivity contribution in [2.24, 2.45) is 0 Å².